The lowest BCUT2D eigenvalue weighted by Crippen LogP contribution is -2.37. The number of hydrogen-bond acceptors (Lipinski definition) is 6. The van der Waals surface area contributed by atoms with Crippen LogP contribution in [0.1, 0.15) is 48.5 Å². The van der Waals surface area contributed by atoms with Gasteiger partial charge >= 0.3 is 0 Å². The number of amides is 1. The molecule has 2 aliphatic heterocycles. The van der Waals surface area contributed by atoms with Crippen LogP contribution in [0.2, 0.25) is 0 Å². The first-order valence-electron chi connectivity index (χ1n) is 8.88. The molecule has 0 aromatic heterocycles. The van der Waals surface area contributed by atoms with Crippen molar-refractivity contribution < 1.29 is 28.5 Å². The molecule has 0 bridgehead atoms. The van der Waals surface area contributed by atoms with Crippen LogP contribution in [0, 0.1) is 5.92 Å². The summed E-state index contributed by atoms with van der Waals surface area (Å²) in [6.07, 6.45) is 1.95. The fourth-order valence-corrected chi connectivity index (χ4v) is 4.27. The van der Waals surface area contributed by atoms with Crippen molar-refractivity contribution in [3.8, 4) is 11.5 Å². The van der Waals surface area contributed by atoms with Crippen LogP contribution in [0.3, 0.4) is 0 Å². The molecule has 1 amide bonds. The van der Waals surface area contributed by atoms with Gasteiger partial charge in [0.1, 0.15) is 6.29 Å². The third-order valence-corrected chi connectivity index (χ3v) is 5.38. The summed E-state index contributed by atoms with van der Waals surface area (Å²) in [7, 11) is 1.58. The van der Waals surface area contributed by atoms with Gasteiger partial charge in [0.2, 0.25) is 6.79 Å². The Labute approximate surface area is 151 Å². The van der Waals surface area contributed by atoms with Gasteiger partial charge in [-0.25, -0.2) is 0 Å². The molecular weight excluding hydrogens is 338 g/mol. The Morgan fingerprint density at radius 3 is 2.46 bits per heavy atom. The Morgan fingerprint density at radius 2 is 1.81 bits per heavy atom. The van der Waals surface area contributed by atoms with E-state index in [1.165, 1.54) is 0 Å². The van der Waals surface area contributed by atoms with E-state index in [0.717, 1.165) is 11.8 Å². The average molecular weight is 361 g/mol. The van der Waals surface area contributed by atoms with E-state index in [-0.39, 0.29) is 36.7 Å². The van der Waals surface area contributed by atoms with Crippen molar-refractivity contribution in [1.29, 1.82) is 0 Å². The Balaban J connectivity index is 1.73. The van der Waals surface area contributed by atoms with Gasteiger partial charge in [0.15, 0.2) is 17.3 Å². The molecule has 1 saturated heterocycles. The van der Waals surface area contributed by atoms with Crippen LogP contribution in [-0.4, -0.2) is 44.0 Å². The number of hydrogen-bond donors (Lipinski definition) is 1. The summed E-state index contributed by atoms with van der Waals surface area (Å²) < 4.78 is 22.9. The van der Waals surface area contributed by atoms with Gasteiger partial charge in [0.25, 0.3) is 5.91 Å². The van der Waals surface area contributed by atoms with E-state index in [4.69, 9.17) is 18.9 Å². The van der Waals surface area contributed by atoms with E-state index >= 15 is 0 Å². The Hall–Kier alpha value is -2.12. The smallest absolute Gasteiger partial charge is 0.251 e. The van der Waals surface area contributed by atoms with Crippen molar-refractivity contribution in [2.24, 2.45) is 5.92 Å². The molecular formula is C19H23NO6. The number of carbonyl (C=O) groups is 2. The number of aldehydes is 1. The number of rotatable bonds is 3. The van der Waals surface area contributed by atoms with Crippen molar-refractivity contribution in [3.05, 3.63) is 23.3 Å². The van der Waals surface area contributed by atoms with Crippen LogP contribution in [0.5, 0.6) is 11.5 Å². The third kappa shape index (κ3) is 2.85. The SMILES string of the molecule is CNC(=O)c1cc2c(cc1C1CC3OC(C)(C)OC3CC1C=O)OCO2. The standard InChI is InChI=1S/C19H23NO6/c1-19(2)25-16-4-10(8-21)11(5-17(16)26-19)12-6-14-15(24-9-23-14)7-13(12)18(22)20-3/h6-8,10-11,16-17H,4-5,9H2,1-3H3,(H,20,22). The molecule has 140 valence electrons. The minimum absolute atomic E-state index is 0.103. The number of fused-ring (bicyclic) bond motifs is 2. The van der Waals surface area contributed by atoms with Crippen molar-refractivity contribution in [2.75, 3.05) is 13.8 Å². The molecule has 7 heteroatoms. The van der Waals surface area contributed by atoms with Crippen LogP contribution < -0.4 is 14.8 Å². The van der Waals surface area contributed by atoms with Crippen LogP contribution in [0.4, 0.5) is 0 Å². The molecule has 1 aromatic carbocycles. The highest BCUT2D eigenvalue weighted by Gasteiger charge is 2.48. The quantitative estimate of drug-likeness (QED) is 0.829. The maximum atomic E-state index is 12.5. The summed E-state index contributed by atoms with van der Waals surface area (Å²) >= 11 is 0. The predicted molar refractivity (Wildman–Crippen MR) is 91.3 cm³/mol. The minimum Gasteiger partial charge on any atom is -0.454 e. The molecule has 0 spiro atoms. The van der Waals surface area contributed by atoms with E-state index in [0.29, 0.717) is 29.9 Å². The Bertz CT molecular complexity index is 746. The topological polar surface area (TPSA) is 83.1 Å². The minimum atomic E-state index is -0.657. The second-order valence-electron chi connectivity index (χ2n) is 7.46. The largest absolute Gasteiger partial charge is 0.454 e. The van der Waals surface area contributed by atoms with Crippen molar-refractivity contribution in [2.45, 2.75) is 50.6 Å². The second kappa shape index (κ2) is 6.25. The molecule has 4 rings (SSSR count). The highest BCUT2D eigenvalue weighted by molar-refractivity contribution is 5.96. The van der Waals surface area contributed by atoms with Gasteiger partial charge < -0.3 is 29.1 Å². The van der Waals surface area contributed by atoms with Gasteiger partial charge in [-0.3, -0.25) is 4.79 Å². The molecule has 1 aromatic rings. The van der Waals surface area contributed by atoms with E-state index in [1.807, 2.05) is 19.9 Å². The highest BCUT2D eigenvalue weighted by atomic mass is 16.8. The summed E-state index contributed by atoms with van der Waals surface area (Å²) in [6.45, 7) is 3.89. The van der Waals surface area contributed by atoms with E-state index in [2.05, 4.69) is 5.32 Å². The molecule has 1 aliphatic carbocycles. The van der Waals surface area contributed by atoms with Crippen molar-refractivity contribution in [1.82, 2.24) is 5.32 Å². The summed E-state index contributed by atoms with van der Waals surface area (Å²) in [6, 6.07) is 3.52. The monoisotopic (exact) mass is 361 g/mol. The molecule has 1 N–H and O–H groups in total. The van der Waals surface area contributed by atoms with Gasteiger partial charge in [-0.2, -0.15) is 0 Å². The molecule has 4 unspecified atom stereocenters. The molecule has 2 fully saturated rings. The first kappa shape index (κ1) is 17.3. The zero-order chi connectivity index (χ0) is 18.5. The predicted octanol–water partition coefficient (Wildman–Crippen LogP) is 1.99. The lowest BCUT2D eigenvalue weighted by molar-refractivity contribution is -0.146. The summed E-state index contributed by atoms with van der Waals surface area (Å²) in [4.78, 5) is 24.3. The number of benzene rings is 1. The molecule has 3 aliphatic rings. The lowest BCUT2D eigenvalue weighted by Gasteiger charge is -2.35. The van der Waals surface area contributed by atoms with Gasteiger partial charge in [0, 0.05) is 18.5 Å². The van der Waals surface area contributed by atoms with Gasteiger partial charge in [-0.15, -0.1) is 0 Å². The van der Waals surface area contributed by atoms with Crippen LogP contribution in [-0.2, 0) is 14.3 Å². The molecule has 26 heavy (non-hydrogen) atoms. The van der Waals surface area contributed by atoms with E-state index < -0.39 is 5.79 Å². The first-order chi connectivity index (χ1) is 12.4. The Morgan fingerprint density at radius 1 is 1.15 bits per heavy atom. The number of nitrogens with one attached hydrogen (secondary N) is 1. The highest BCUT2D eigenvalue weighted by Crippen LogP contribution is 2.47. The third-order valence-electron chi connectivity index (χ3n) is 5.38. The fourth-order valence-electron chi connectivity index (χ4n) is 4.27. The zero-order valence-electron chi connectivity index (χ0n) is 15.1. The summed E-state index contributed by atoms with van der Waals surface area (Å²) in [5, 5.41) is 2.66. The number of carbonyl (C=O) groups excluding carboxylic acids is 2. The van der Waals surface area contributed by atoms with E-state index in [1.54, 1.807) is 13.1 Å². The lowest BCUT2D eigenvalue weighted by atomic mass is 9.72. The Kier molecular flexibility index (Phi) is 4.16. The molecule has 0 radical (unpaired) electrons. The maximum absolute atomic E-state index is 12.5. The van der Waals surface area contributed by atoms with Gasteiger partial charge in [-0.05, 0) is 50.3 Å². The number of ether oxygens (including phenoxy) is 4. The summed E-state index contributed by atoms with van der Waals surface area (Å²) in [5.74, 6) is -0.121. The summed E-state index contributed by atoms with van der Waals surface area (Å²) in [5.41, 5.74) is 1.29. The normalized spacial score (nSPS) is 31.3. The first-order valence-corrected chi connectivity index (χ1v) is 8.88. The van der Waals surface area contributed by atoms with Crippen LogP contribution in [0.15, 0.2) is 12.1 Å². The zero-order valence-corrected chi connectivity index (χ0v) is 15.1. The van der Waals surface area contributed by atoms with Gasteiger partial charge in [-0.1, -0.05) is 0 Å². The van der Waals surface area contributed by atoms with Crippen LogP contribution >= 0.6 is 0 Å². The molecule has 4 atom stereocenters. The molecule has 7 nitrogen and oxygen atoms in total. The average Bonchev–Trinajstić information content (AvgIpc) is 3.19. The van der Waals surface area contributed by atoms with Crippen molar-refractivity contribution >= 4 is 12.2 Å². The maximum Gasteiger partial charge on any atom is 0.251 e. The molecule has 2 heterocycles. The fraction of sp³-hybridized carbons (Fsp3) is 0.579. The second-order valence-corrected chi connectivity index (χ2v) is 7.46. The van der Waals surface area contributed by atoms with Crippen LogP contribution in [0.25, 0.3) is 0 Å². The van der Waals surface area contributed by atoms with E-state index in [9.17, 15) is 9.59 Å². The van der Waals surface area contributed by atoms with Gasteiger partial charge in [0.05, 0.1) is 12.2 Å². The molecule has 1 saturated carbocycles. The van der Waals surface area contributed by atoms with Crippen molar-refractivity contribution in [3.63, 3.8) is 0 Å².